The summed E-state index contributed by atoms with van der Waals surface area (Å²) in [6.45, 7) is 0. The van der Waals surface area contributed by atoms with E-state index < -0.39 is 88.4 Å². The molecule has 0 heterocycles. The van der Waals surface area contributed by atoms with Crippen LogP contribution < -0.4 is 21.1 Å². The van der Waals surface area contributed by atoms with Gasteiger partial charge in [0.1, 0.15) is 0 Å². The maximum atomic E-state index is 12.1. The average molecular weight is 1170 g/mol. The van der Waals surface area contributed by atoms with Crippen molar-refractivity contribution in [3.05, 3.63) is 205 Å². The Labute approximate surface area is 368 Å². The van der Waals surface area contributed by atoms with Gasteiger partial charge >= 0.3 is 295 Å². The van der Waals surface area contributed by atoms with Gasteiger partial charge in [0, 0.05) is 0 Å². The molecule has 6 aromatic rings. The second-order valence-electron chi connectivity index (χ2n) is 11.7. The Morgan fingerprint density at radius 1 is 0.317 bits per heavy atom. The van der Waals surface area contributed by atoms with E-state index in [-0.39, 0.29) is 0 Å². The van der Waals surface area contributed by atoms with Crippen LogP contribution in [0.1, 0.15) is 0 Å². The number of benzene rings is 6. The van der Waals surface area contributed by atoms with E-state index in [1.54, 1.807) is 0 Å². The molecule has 0 amide bonds. The zero-order valence-electron chi connectivity index (χ0n) is 30.5. The predicted octanol–water partition coefficient (Wildman–Crippen LogP) is 9.79. The molecule has 0 unspecified atom stereocenters. The molecule has 0 atom stereocenters. The molecule has 316 valence electrons. The summed E-state index contributed by atoms with van der Waals surface area (Å²) in [5.41, 5.74) is -7.32. The molecule has 0 spiro atoms. The first-order valence-electron chi connectivity index (χ1n) is 16.9. The van der Waals surface area contributed by atoms with E-state index >= 15 is 0 Å². The van der Waals surface area contributed by atoms with Crippen LogP contribution in [0.2, 0.25) is 0 Å². The van der Waals surface area contributed by atoms with E-state index in [1.807, 2.05) is 17.3 Å². The third kappa shape index (κ3) is 17.5. The molecule has 0 fully saturated rings. The molecular formula is C44H30ClF12RhSb2. The van der Waals surface area contributed by atoms with Crippen molar-refractivity contribution in [1.29, 1.82) is 0 Å². The Morgan fingerprint density at radius 2 is 0.467 bits per heavy atom. The normalized spacial score (nSPS) is 12.3. The van der Waals surface area contributed by atoms with Crippen LogP contribution in [0.5, 0.6) is 0 Å². The van der Waals surface area contributed by atoms with E-state index in [0.717, 1.165) is 0 Å². The van der Waals surface area contributed by atoms with Gasteiger partial charge in [-0.25, -0.2) is 0 Å². The molecule has 0 nitrogen and oxygen atoms in total. The second-order valence-corrected chi connectivity index (χ2v) is 24.3. The van der Waals surface area contributed by atoms with Crippen molar-refractivity contribution in [1.82, 2.24) is 0 Å². The summed E-state index contributed by atoms with van der Waals surface area (Å²) in [5, 5.41) is 0. The van der Waals surface area contributed by atoms with Gasteiger partial charge < -0.3 is 0 Å². The molecule has 60 heavy (non-hydrogen) atoms. The average Bonchev–Trinajstić information content (AvgIpc) is 3.22. The van der Waals surface area contributed by atoms with Gasteiger partial charge in [-0.3, -0.25) is 23.3 Å². The number of allylic oxidation sites excluding steroid dienone is 4. The van der Waals surface area contributed by atoms with Gasteiger partial charge in [-0.2, -0.15) is 52.7 Å². The van der Waals surface area contributed by atoms with Gasteiger partial charge in [-0.05, 0) is 0 Å². The first-order valence-corrected chi connectivity index (χ1v) is 26.7. The Kier molecular flexibility index (Phi) is 20.5. The Morgan fingerprint density at radius 3 is 0.583 bits per heavy atom. The minimum atomic E-state index is -6.36. The quantitative estimate of drug-likeness (QED) is 0.0647. The van der Waals surface area contributed by atoms with Gasteiger partial charge in [0.15, 0.2) is 0 Å². The summed E-state index contributed by atoms with van der Waals surface area (Å²) in [6, 6.07) is 65.8. The van der Waals surface area contributed by atoms with Gasteiger partial charge in [-0.1, -0.05) is 0 Å². The third-order valence-corrected chi connectivity index (χ3v) is 21.4. The molecule has 0 radical (unpaired) electrons. The summed E-state index contributed by atoms with van der Waals surface area (Å²) in [7, 11) is 4.53. The van der Waals surface area contributed by atoms with Crippen LogP contribution in [-0.4, -0.2) is 65.1 Å². The van der Waals surface area contributed by atoms with Crippen LogP contribution in [-0.2, 0) is 17.3 Å². The molecule has 0 saturated heterocycles. The fraction of sp³-hybridized carbons (Fsp3) is 0.0909. The zero-order valence-corrected chi connectivity index (χ0v) is 38.0. The number of rotatable bonds is 7. The van der Waals surface area contributed by atoms with Crippen molar-refractivity contribution >= 4 is 71.2 Å². The number of alkyl halides is 12. The van der Waals surface area contributed by atoms with Crippen molar-refractivity contribution < 1.29 is 70.0 Å². The first kappa shape index (κ1) is 50.9. The fourth-order valence-corrected chi connectivity index (χ4v) is 18.3. The fourth-order valence-electron chi connectivity index (χ4n) is 5.19. The van der Waals surface area contributed by atoms with E-state index in [0.29, 0.717) is 0 Å². The Balaban J connectivity index is 0.000000235. The summed E-state index contributed by atoms with van der Waals surface area (Å²) in [6.07, 6.45) is -26.0. The SMILES string of the molecule is FC(F)(F)[C-]=C(C(=[C-]C(F)(F)F)C(F)(F)F)C(F)(F)F.[Cl][Rh+2].c1cc[c]([Sb]([c]2ccccc2)[c]2ccccc2)cc1.c1cc[c]([Sb]([c]2ccccc2)[c]2ccccc2)cc1. The molecule has 6 rings (SSSR count). The molecule has 0 aliphatic rings. The van der Waals surface area contributed by atoms with Crippen molar-refractivity contribution in [3.8, 4) is 0 Å². The molecule has 0 aromatic heterocycles. The van der Waals surface area contributed by atoms with Crippen LogP contribution in [0.3, 0.4) is 0 Å². The van der Waals surface area contributed by atoms with Crippen LogP contribution >= 0.6 is 9.69 Å². The number of hydrogen-bond acceptors (Lipinski definition) is 0. The Hall–Kier alpha value is -3.49. The van der Waals surface area contributed by atoms with E-state index in [2.05, 4.69) is 192 Å². The molecule has 0 aliphatic carbocycles. The third-order valence-electron chi connectivity index (χ3n) is 7.44. The van der Waals surface area contributed by atoms with Crippen LogP contribution in [0, 0.1) is 12.2 Å². The van der Waals surface area contributed by atoms with E-state index in [9.17, 15) is 52.7 Å². The topological polar surface area (TPSA) is 0 Å². The molecule has 16 heteroatoms. The van der Waals surface area contributed by atoms with E-state index in [1.165, 1.54) is 21.1 Å². The second kappa shape index (κ2) is 24.2. The predicted molar refractivity (Wildman–Crippen MR) is 212 cm³/mol. The van der Waals surface area contributed by atoms with Gasteiger partial charge in [-0.15, -0.1) is 0 Å². The van der Waals surface area contributed by atoms with Crippen molar-refractivity contribution in [2.45, 2.75) is 24.7 Å². The molecule has 0 bridgehead atoms. The molecule has 0 N–H and O–H groups in total. The van der Waals surface area contributed by atoms with Gasteiger partial charge in [0.05, 0.1) is 0 Å². The first-order chi connectivity index (χ1) is 28.3. The van der Waals surface area contributed by atoms with Crippen LogP contribution in [0.25, 0.3) is 0 Å². The molecule has 6 aromatic carbocycles. The monoisotopic (exact) mass is 1170 g/mol. The van der Waals surface area contributed by atoms with Crippen molar-refractivity contribution in [2.75, 3.05) is 0 Å². The summed E-state index contributed by atoms with van der Waals surface area (Å²) in [5.74, 6) is 0. The van der Waals surface area contributed by atoms with E-state index in [4.69, 9.17) is 0 Å². The van der Waals surface area contributed by atoms with Crippen molar-refractivity contribution in [2.24, 2.45) is 0 Å². The maximum absolute atomic E-state index is 12.1. The van der Waals surface area contributed by atoms with Gasteiger partial charge in [0.25, 0.3) is 0 Å². The molecular weight excluding hydrogens is 1140 g/mol. The summed E-state index contributed by atoms with van der Waals surface area (Å²) < 4.78 is 152. The van der Waals surface area contributed by atoms with Crippen LogP contribution in [0.15, 0.2) is 193 Å². The van der Waals surface area contributed by atoms with Crippen molar-refractivity contribution in [3.63, 3.8) is 0 Å². The van der Waals surface area contributed by atoms with Crippen LogP contribution in [0.4, 0.5) is 52.7 Å². The Bertz CT molecular complexity index is 1820. The summed E-state index contributed by atoms with van der Waals surface area (Å²) in [4.78, 5) is 0. The van der Waals surface area contributed by atoms with Gasteiger partial charge in [0.2, 0.25) is 0 Å². The molecule has 0 aliphatic heterocycles. The zero-order chi connectivity index (χ0) is 44.4. The number of hydrogen-bond donors (Lipinski definition) is 0. The molecule has 0 saturated carbocycles. The standard InChI is InChI=1S/C8F12.6C6H5.ClH.Rh.2Sb/c9-5(10,11)1-3(7(15,16)17)4(8(18,19)20)2-6(12,13)14;6*1-2-4-6-5-3-1;;;;/h;6*1-5H;1H;;;/q-2;;;;;;;;+3;;/p-1. The summed E-state index contributed by atoms with van der Waals surface area (Å²) >= 11 is -1.63. The number of halogens is 13. The minimum absolute atomic E-state index is 0.602.